The molecule has 0 aromatic rings. The zero-order valence-corrected chi connectivity index (χ0v) is 14.5. The van der Waals surface area contributed by atoms with Gasteiger partial charge in [0.1, 0.15) is 0 Å². The highest BCUT2D eigenvalue weighted by Crippen LogP contribution is 2.18. The Labute approximate surface area is 136 Å². The van der Waals surface area contributed by atoms with E-state index in [-0.39, 0.29) is 30.3 Å². The molecule has 0 radical (unpaired) electrons. The normalized spacial score (nSPS) is 16.6. The number of nitrogens with one attached hydrogen (secondary N) is 1. The number of likely N-dealkylation sites (N-methyl/N-ethyl adjacent to an activating group) is 1. The second kappa shape index (κ2) is 8.82. The molecule has 1 aliphatic rings. The molecule has 0 bridgehead atoms. The van der Waals surface area contributed by atoms with Gasteiger partial charge in [0.05, 0.1) is 18.5 Å². The van der Waals surface area contributed by atoms with Crippen LogP contribution in [0.15, 0.2) is 11.6 Å². The van der Waals surface area contributed by atoms with Crippen LogP contribution in [0.5, 0.6) is 0 Å². The summed E-state index contributed by atoms with van der Waals surface area (Å²) in [5.74, 6) is 1.72. The summed E-state index contributed by atoms with van der Waals surface area (Å²) >= 11 is 1.75. The van der Waals surface area contributed by atoms with Crippen LogP contribution < -0.4 is 5.32 Å². The van der Waals surface area contributed by atoms with E-state index >= 15 is 0 Å². The maximum absolute atomic E-state index is 12.4. The first kappa shape index (κ1) is 18.5. The van der Waals surface area contributed by atoms with Crippen molar-refractivity contribution < 1.29 is 14.4 Å². The Morgan fingerprint density at radius 1 is 1.41 bits per heavy atom. The fraction of sp³-hybridized carbons (Fsp3) is 0.667. The molecule has 0 unspecified atom stereocenters. The average Bonchev–Trinajstić information content (AvgIpc) is 3.02. The second-order valence-electron chi connectivity index (χ2n) is 5.69. The van der Waals surface area contributed by atoms with Crippen molar-refractivity contribution in [3.63, 3.8) is 0 Å². The number of thioether (sulfide) groups is 1. The second-order valence-corrected chi connectivity index (χ2v) is 6.77. The van der Waals surface area contributed by atoms with Crippen molar-refractivity contribution in [3.8, 4) is 0 Å². The minimum absolute atomic E-state index is 0.0301. The summed E-state index contributed by atoms with van der Waals surface area (Å²) in [7, 11) is 1.69. The van der Waals surface area contributed by atoms with Gasteiger partial charge in [0.15, 0.2) is 0 Å². The molecule has 7 heteroatoms. The lowest BCUT2D eigenvalue weighted by Gasteiger charge is -2.29. The van der Waals surface area contributed by atoms with E-state index in [1.807, 2.05) is 24.8 Å². The first-order valence-electron chi connectivity index (χ1n) is 7.36. The van der Waals surface area contributed by atoms with Crippen molar-refractivity contribution in [1.82, 2.24) is 15.1 Å². The largest absolute Gasteiger partial charge is 0.350 e. The van der Waals surface area contributed by atoms with E-state index in [9.17, 15) is 14.4 Å². The molecule has 1 saturated heterocycles. The van der Waals surface area contributed by atoms with E-state index in [4.69, 9.17) is 0 Å². The Bertz CT molecular complexity index is 445. The standard InChI is InChI=1S/C15H25N3O3S/c1-11(2)13(17(4)14(20)8-16-9-19)7-12(3)15(21)18-5-6-22-10-18/h7,9,11,13H,5-6,8,10H2,1-4H3,(H,16,19)/b12-7+/t13-/m1/s1. The minimum Gasteiger partial charge on any atom is -0.350 e. The summed E-state index contributed by atoms with van der Waals surface area (Å²) < 4.78 is 0. The van der Waals surface area contributed by atoms with E-state index in [1.54, 1.807) is 30.6 Å². The molecular formula is C15H25N3O3S. The molecule has 1 aliphatic heterocycles. The lowest BCUT2D eigenvalue weighted by molar-refractivity contribution is -0.132. The highest BCUT2D eigenvalue weighted by molar-refractivity contribution is 7.99. The van der Waals surface area contributed by atoms with Gasteiger partial charge in [0.25, 0.3) is 0 Å². The molecule has 124 valence electrons. The fourth-order valence-electron chi connectivity index (χ4n) is 2.32. The van der Waals surface area contributed by atoms with Gasteiger partial charge in [0.2, 0.25) is 18.2 Å². The van der Waals surface area contributed by atoms with Crippen molar-refractivity contribution in [3.05, 3.63) is 11.6 Å². The Morgan fingerprint density at radius 3 is 2.59 bits per heavy atom. The number of rotatable bonds is 7. The number of hydrogen-bond acceptors (Lipinski definition) is 4. The van der Waals surface area contributed by atoms with Gasteiger partial charge in [-0.25, -0.2) is 0 Å². The minimum atomic E-state index is -0.181. The van der Waals surface area contributed by atoms with Crippen LogP contribution in [0.25, 0.3) is 0 Å². The van der Waals surface area contributed by atoms with Crippen molar-refractivity contribution >= 4 is 30.0 Å². The molecular weight excluding hydrogens is 302 g/mol. The van der Waals surface area contributed by atoms with E-state index in [0.717, 1.165) is 18.2 Å². The molecule has 1 rings (SSSR count). The fourth-order valence-corrected chi connectivity index (χ4v) is 3.27. The molecule has 22 heavy (non-hydrogen) atoms. The van der Waals surface area contributed by atoms with Gasteiger partial charge in [-0.15, -0.1) is 11.8 Å². The Morgan fingerprint density at radius 2 is 2.09 bits per heavy atom. The maximum atomic E-state index is 12.4. The summed E-state index contributed by atoms with van der Waals surface area (Å²) in [4.78, 5) is 38.1. The van der Waals surface area contributed by atoms with Crippen LogP contribution in [-0.2, 0) is 14.4 Å². The van der Waals surface area contributed by atoms with Gasteiger partial charge in [-0.05, 0) is 12.8 Å². The van der Waals surface area contributed by atoms with Crippen LogP contribution in [0.3, 0.4) is 0 Å². The Hall–Kier alpha value is -1.50. The lowest BCUT2D eigenvalue weighted by Crippen LogP contribution is -2.43. The van der Waals surface area contributed by atoms with E-state index < -0.39 is 0 Å². The van der Waals surface area contributed by atoms with Gasteiger partial charge in [-0.2, -0.15) is 0 Å². The van der Waals surface area contributed by atoms with Gasteiger partial charge >= 0.3 is 0 Å². The molecule has 1 atom stereocenters. The van der Waals surface area contributed by atoms with Gasteiger partial charge < -0.3 is 15.1 Å². The number of carbonyl (C=O) groups excluding carboxylic acids is 3. The summed E-state index contributed by atoms with van der Waals surface area (Å²) in [6, 6.07) is -0.180. The molecule has 3 amide bonds. The van der Waals surface area contributed by atoms with Gasteiger partial charge in [-0.3, -0.25) is 14.4 Å². The predicted molar refractivity (Wildman–Crippen MR) is 88.3 cm³/mol. The molecule has 1 fully saturated rings. The van der Waals surface area contributed by atoms with Crippen molar-refractivity contribution in [2.45, 2.75) is 26.8 Å². The zero-order chi connectivity index (χ0) is 16.7. The summed E-state index contributed by atoms with van der Waals surface area (Å²) in [6.45, 7) is 6.54. The third-order valence-electron chi connectivity index (χ3n) is 3.66. The lowest BCUT2D eigenvalue weighted by atomic mass is 9.99. The highest BCUT2D eigenvalue weighted by Gasteiger charge is 2.24. The van der Waals surface area contributed by atoms with Crippen molar-refractivity contribution in [2.24, 2.45) is 5.92 Å². The molecule has 1 N–H and O–H groups in total. The summed E-state index contributed by atoms with van der Waals surface area (Å²) in [5.41, 5.74) is 0.657. The molecule has 0 aromatic carbocycles. The monoisotopic (exact) mass is 327 g/mol. The number of carbonyl (C=O) groups is 3. The third kappa shape index (κ3) is 5.05. The molecule has 6 nitrogen and oxygen atoms in total. The number of hydrogen-bond donors (Lipinski definition) is 1. The average molecular weight is 327 g/mol. The number of amides is 3. The third-order valence-corrected chi connectivity index (χ3v) is 4.62. The van der Waals surface area contributed by atoms with Crippen LogP contribution in [-0.4, -0.2) is 65.8 Å². The van der Waals surface area contributed by atoms with Gasteiger partial charge in [-0.1, -0.05) is 19.9 Å². The number of nitrogens with zero attached hydrogens (tertiary/aromatic N) is 2. The first-order chi connectivity index (χ1) is 10.4. The molecule has 1 heterocycles. The van der Waals surface area contributed by atoms with Crippen LogP contribution in [0.1, 0.15) is 20.8 Å². The SMILES string of the molecule is C/C(=C\[C@H](C(C)C)N(C)C(=O)CNC=O)C(=O)N1CCSC1. The smallest absolute Gasteiger partial charge is 0.249 e. The summed E-state index contributed by atoms with van der Waals surface area (Å²) in [5, 5.41) is 2.37. The summed E-state index contributed by atoms with van der Waals surface area (Å²) in [6.07, 6.45) is 2.36. The molecule has 0 saturated carbocycles. The molecule has 0 spiro atoms. The quantitative estimate of drug-likeness (QED) is 0.552. The maximum Gasteiger partial charge on any atom is 0.249 e. The topological polar surface area (TPSA) is 69.7 Å². The van der Waals surface area contributed by atoms with Crippen LogP contribution >= 0.6 is 11.8 Å². The molecule has 0 aliphatic carbocycles. The van der Waals surface area contributed by atoms with Crippen molar-refractivity contribution in [2.75, 3.05) is 31.8 Å². The van der Waals surface area contributed by atoms with Crippen LogP contribution in [0, 0.1) is 5.92 Å². The molecule has 0 aromatic heterocycles. The Kier molecular flexibility index (Phi) is 7.44. The van der Waals surface area contributed by atoms with Crippen LogP contribution in [0.2, 0.25) is 0 Å². The van der Waals surface area contributed by atoms with E-state index in [0.29, 0.717) is 12.0 Å². The van der Waals surface area contributed by atoms with E-state index in [2.05, 4.69) is 5.32 Å². The predicted octanol–water partition coefficient (Wildman–Crippen LogP) is 0.695. The van der Waals surface area contributed by atoms with Crippen LogP contribution in [0.4, 0.5) is 0 Å². The highest BCUT2D eigenvalue weighted by atomic mass is 32.2. The van der Waals surface area contributed by atoms with Gasteiger partial charge in [0, 0.05) is 24.9 Å². The first-order valence-corrected chi connectivity index (χ1v) is 8.52. The van der Waals surface area contributed by atoms with E-state index in [1.165, 1.54) is 0 Å². The zero-order valence-electron chi connectivity index (χ0n) is 13.7. The van der Waals surface area contributed by atoms with Crippen molar-refractivity contribution in [1.29, 1.82) is 0 Å². The Balaban J connectivity index is 2.80.